The second kappa shape index (κ2) is 17.6. The third-order valence-electron chi connectivity index (χ3n) is 1.53. The Bertz CT molecular complexity index is 106. The summed E-state index contributed by atoms with van der Waals surface area (Å²) in [6.07, 6.45) is 5.96. The van der Waals surface area contributed by atoms with Crippen molar-refractivity contribution in [1.82, 2.24) is 0 Å². The molecule has 3 nitrogen and oxygen atoms in total. The van der Waals surface area contributed by atoms with Crippen LogP contribution >= 0.6 is 0 Å². The van der Waals surface area contributed by atoms with E-state index < -0.39 is 0 Å². The Balaban J connectivity index is 0. The lowest BCUT2D eigenvalue weighted by Crippen LogP contribution is -1.99. The molecule has 0 aliphatic carbocycles. The molecule has 0 aromatic heterocycles. The van der Waals surface area contributed by atoms with E-state index in [0.29, 0.717) is 0 Å². The predicted molar refractivity (Wildman–Crippen MR) is 57.5 cm³/mol. The molecule has 0 rings (SSSR count). The third kappa shape index (κ3) is 24.6. The average molecular weight is 203 g/mol. The Morgan fingerprint density at radius 1 is 1.31 bits per heavy atom. The van der Waals surface area contributed by atoms with Crippen LogP contribution in [0.5, 0.6) is 0 Å². The molecule has 0 heterocycles. The van der Waals surface area contributed by atoms with E-state index in [9.17, 15) is 0 Å². The van der Waals surface area contributed by atoms with Gasteiger partial charge in [-0.1, -0.05) is 33.1 Å². The van der Waals surface area contributed by atoms with Crippen LogP contribution in [0.25, 0.3) is 0 Å². The summed E-state index contributed by atoms with van der Waals surface area (Å²) in [5.41, 5.74) is 0. The normalized spacial score (nSPS) is 9.38. The lowest BCUT2D eigenvalue weighted by Gasteiger charge is -2.00. The highest BCUT2D eigenvalue weighted by Crippen LogP contribution is 1.94. The molecule has 4 heteroatoms. The van der Waals surface area contributed by atoms with Crippen molar-refractivity contribution in [3.63, 3.8) is 0 Å². The minimum atomic E-state index is -0.120. The molecule has 13 heavy (non-hydrogen) atoms. The number of rotatable bonds is 7. The van der Waals surface area contributed by atoms with E-state index in [4.69, 9.17) is 14.6 Å². The Hall–Kier alpha value is -0.443. The van der Waals surface area contributed by atoms with Crippen molar-refractivity contribution in [1.29, 1.82) is 5.41 Å². The molecule has 0 bridgehead atoms. The Kier molecular flexibility index (Phi) is 20.4. The summed E-state index contributed by atoms with van der Waals surface area (Å²) in [5, 5.41) is 5.40. The van der Waals surface area contributed by atoms with E-state index in [2.05, 4.69) is 13.8 Å². The van der Waals surface area contributed by atoms with Crippen LogP contribution in [-0.2, 0) is 9.22 Å². The Morgan fingerprint density at radius 3 is 2.31 bits per heavy atom. The van der Waals surface area contributed by atoms with Crippen molar-refractivity contribution in [3.8, 4) is 0 Å². The number of carbonyl (C=O) groups excluding carboxylic acids is 1. The highest BCUT2D eigenvalue weighted by atomic mass is 28.2. The van der Waals surface area contributed by atoms with E-state index in [-0.39, 0.29) is 9.76 Å². The zero-order valence-electron chi connectivity index (χ0n) is 8.77. The van der Waals surface area contributed by atoms with Gasteiger partial charge in [-0.05, 0) is 12.5 Å². The highest BCUT2D eigenvalue weighted by Gasteiger charge is 1.87. The molecule has 0 saturated carbocycles. The van der Waals surface area contributed by atoms with Crippen molar-refractivity contribution in [2.45, 2.75) is 45.6 Å². The standard InChI is InChI=1S/C8H20OSi.CHNO/c1-3-5-7-9-10-8-6-4-2;2-1-3/h3-8,10H2,1-2H3;2H. The minimum absolute atomic E-state index is 0.120. The van der Waals surface area contributed by atoms with Gasteiger partial charge < -0.3 is 4.43 Å². The maximum absolute atomic E-state index is 8.35. The molecule has 0 saturated heterocycles. The summed E-state index contributed by atoms with van der Waals surface area (Å²) in [5.74, 6) is 0. The van der Waals surface area contributed by atoms with Crippen LogP contribution in [0.1, 0.15) is 39.5 Å². The van der Waals surface area contributed by atoms with Gasteiger partial charge in [-0.2, -0.15) is 0 Å². The molecule has 0 aromatic rings. The number of nitrogens with one attached hydrogen (secondary N) is 1. The van der Waals surface area contributed by atoms with Crippen LogP contribution in [0.3, 0.4) is 0 Å². The van der Waals surface area contributed by atoms with Crippen LogP contribution in [0, 0.1) is 5.41 Å². The fourth-order valence-electron chi connectivity index (χ4n) is 0.803. The molecule has 0 spiro atoms. The first-order chi connectivity index (χ1) is 6.33. The van der Waals surface area contributed by atoms with Crippen molar-refractivity contribution in [2.75, 3.05) is 6.61 Å². The van der Waals surface area contributed by atoms with E-state index in [1.807, 2.05) is 0 Å². The van der Waals surface area contributed by atoms with E-state index in [0.717, 1.165) is 12.7 Å². The van der Waals surface area contributed by atoms with Crippen LogP contribution in [-0.4, -0.2) is 22.4 Å². The van der Waals surface area contributed by atoms with E-state index in [1.54, 1.807) is 0 Å². The zero-order valence-corrected chi connectivity index (χ0v) is 10.2. The van der Waals surface area contributed by atoms with E-state index >= 15 is 0 Å². The van der Waals surface area contributed by atoms with Crippen molar-refractivity contribution in [2.24, 2.45) is 0 Å². The first-order valence-electron chi connectivity index (χ1n) is 4.95. The lowest BCUT2D eigenvalue weighted by atomic mass is 10.4. The summed E-state index contributed by atoms with van der Waals surface area (Å²) in [7, 11) is -0.120. The number of hydrogen-bond donors (Lipinski definition) is 1. The largest absolute Gasteiger partial charge is 0.424 e. The molecule has 0 aromatic carbocycles. The minimum Gasteiger partial charge on any atom is -0.424 e. The first-order valence-corrected chi connectivity index (χ1v) is 6.52. The maximum Gasteiger partial charge on any atom is 0.231 e. The van der Waals surface area contributed by atoms with Crippen LogP contribution < -0.4 is 0 Å². The van der Waals surface area contributed by atoms with Gasteiger partial charge in [-0.3, -0.25) is 0 Å². The van der Waals surface area contributed by atoms with Gasteiger partial charge >= 0.3 is 0 Å². The summed E-state index contributed by atoms with van der Waals surface area (Å²) in [6.45, 7) is 5.46. The topological polar surface area (TPSA) is 50.1 Å². The molecule has 0 radical (unpaired) electrons. The monoisotopic (exact) mass is 203 g/mol. The van der Waals surface area contributed by atoms with Crippen molar-refractivity contribution < 1.29 is 9.22 Å². The Labute approximate surface area is 83.3 Å². The number of hydrogen-bond acceptors (Lipinski definition) is 3. The molecule has 0 aliphatic heterocycles. The molecule has 0 amide bonds. The van der Waals surface area contributed by atoms with Gasteiger partial charge in [0.1, 0.15) is 0 Å². The van der Waals surface area contributed by atoms with Crippen molar-refractivity contribution in [3.05, 3.63) is 0 Å². The van der Waals surface area contributed by atoms with Gasteiger partial charge in [0.25, 0.3) is 0 Å². The Morgan fingerprint density at radius 2 is 1.85 bits per heavy atom. The maximum atomic E-state index is 8.35. The third-order valence-corrected chi connectivity index (χ3v) is 2.90. The quantitative estimate of drug-likeness (QED) is 0.298. The lowest BCUT2D eigenvalue weighted by molar-refractivity contribution is 0.325. The molecular weight excluding hydrogens is 182 g/mol. The van der Waals surface area contributed by atoms with E-state index in [1.165, 1.54) is 31.7 Å². The predicted octanol–water partition coefficient (Wildman–Crippen LogP) is 2.01. The van der Waals surface area contributed by atoms with Gasteiger partial charge in [0.15, 0.2) is 9.76 Å². The zero-order chi connectivity index (χ0) is 10.4. The van der Waals surface area contributed by atoms with Crippen molar-refractivity contribution >= 4 is 15.8 Å². The average Bonchev–Trinajstić information content (AvgIpc) is 2.13. The fraction of sp³-hybridized carbons (Fsp3) is 0.889. The second-order valence-electron chi connectivity index (χ2n) is 2.78. The summed E-state index contributed by atoms with van der Waals surface area (Å²) in [4.78, 5) is 8.35. The molecular formula is C9H21NO2Si. The van der Waals surface area contributed by atoms with Gasteiger partial charge in [-0.25, -0.2) is 10.2 Å². The SMILES string of the molecule is CCCCO[SiH2]CCCC.N=C=O. The van der Waals surface area contributed by atoms with Crippen LogP contribution in [0.2, 0.25) is 6.04 Å². The highest BCUT2D eigenvalue weighted by molar-refractivity contribution is 6.26. The molecule has 78 valence electrons. The first kappa shape index (κ1) is 15.0. The van der Waals surface area contributed by atoms with Gasteiger partial charge in [0, 0.05) is 6.61 Å². The van der Waals surface area contributed by atoms with Crippen LogP contribution in [0.4, 0.5) is 0 Å². The summed E-state index contributed by atoms with van der Waals surface area (Å²) in [6, 6.07) is 1.38. The summed E-state index contributed by atoms with van der Waals surface area (Å²) < 4.78 is 5.52. The molecule has 0 fully saturated rings. The molecule has 0 unspecified atom stereocenters. The summed E-state index contributed by atoms with van der Waals surface area (Å²) >= 11 is 0. The molecule has 0 atom stereocenters. The number of isocyanates is 1. The van der Waals surface area contributed by atoms with Gasteiger partial charge in [-0.15, -0.1) is 0 Å². The van der Waals surface area contributed by atoms with Crippen LogP contribution in [0.15, 0.2) is 0 Å². The molecule has 0 aliphatic rings. The van der Waals surface area contributed by atoms with Gasteiger partial charge in [0.2, 0.25) is 6.08 Å². The van der Waals surface area contributed by atoms with Gasteiger partial charge in [0.05, 0.1) is 0 Å². The molecule has 1 N–H and O–H groups in total. The number of unbranched alkanes of at least 4 members (excludes halogenated alkanes) is 2. The second-order valence-corrected chi connectivity index (χ2v) is 4.30. The fourth-order valence-corrected chi connectivity index (χ4v) is 2.12. The smallest absolute Gasteiger partial charge is 0.231 e.